The molecule has 1 aliphatic rings. The summed E-state index contributed by atoms with van der Waals surface area (Å²) in [5.74, 6) is 0.592. The molecule has 0 spiro atoms. The van der Waals surface area contributed by atoms with E-state index in [1.165, 1.54) is 16.2 Å². The third-order valence-corrected chi connectivity index (χ3v) is 7.34. The van der Waals surface area contributed by atoms with Crippen LogP contribution >= 0.6 is 11.3 Å². The molecule has 35 heavy (non-hydrogen) atoms. The van der Waals surface area contributed by atoms with Crippen LogP contribution in [0.3, 0.4) is 0 Å². The maximum Gasteiger partial charge on any atom is 0.297 e. The van der Waals surface area contributed by atoms with Crippen LogP contribution in [0, 0.1) is 0 Å². The van der Waals surface area contributed by atoms with E-state index in [1.807, 2.05) is 38.1 Å². The highest BCUT2D eigenvalue weighted by molar-refractivity contribution is 7.15. The molecule has 5 rings (SSSR count). The number of hydrogen-bond acceptors (Lipinski definition) is 7. The molecule has 0 saturated carbocycles. The first-order chi connectivity index (χ1) is 17.0. The molecule has 3 heterocycles. The summed E-state index contributed by atoms with van der Waals surface area (Å²) in [7, 11) is 0. The Morgan fingerprint density at radius 1 is 1.06 bits per heavy atom. The Morgan fingerprint density at radius 2 is 1.83 bits per heavy atom. The van der Waals surface area contributed by atoms with Crippen LogP contribution in [0.15, 0.2) is 57.7 Å². The van der Waals surface area contributed by atoms with Gasteiger partial charge in [-0.05, 0) is 36.2 Å². The lowest BCUT2D eigenvalue weighted by Gasteiger charge is -2.22. The summed E-state index contributed by atoms with van der Waals surface area (Å²) >= 11 is 1.35. The van der Waals surface area contributed by atoms with Crippen molar-refractivity contribution in [3.63, 3.8) is 0 Å². The zero-order chi connectivity index (χ0) is 24.5. The molecule has 8 heteroatoms. The third kappa shape index (κ3) is 4.23. The number of para-hydroxylation sites is 1. The maximum atomic E-state index is 13.6. The number of nitrogens with zero attached hydrogens (tertiary/aromatic N) is 3. The molecule has 0 unspecified atom stereocenters. The van der Waals surface area contributed by atoms with E-state index in [0.717, 1.165) is 35.6 Å². The SMILES string of the molecule is CCCCCOc1ccc([C@@H]2c3c(oc4ccccc4c3=O)C(=O)N2c2nnc(C(C)C)s2)cc1. The molecule has 0 N–H and O–H groups in total. The summed E-state index contributed by atoms with van der Waals surface area (Å²) in [6.45, 7) is 6.87. The molecule has 1 atom stereocenters. The normalized spacial score (nSPS) is 15.3. The number of unbranched alkanes of at least 4 members (excludes halogenated alkanes) is 2. The maximum absolute atomic E-state index is 13.6. The summed E-state index contributed by atoms with van der Waals surface area (Å²) in [6.07, 6.45) is 3.26. The highest BCUT2D eigenvalue weighted by Crippen LogP contribution is 2.43. The number of fused-ring (bicyclic) bond motifs is 2. The zero-order valence-electron chi connectivity index (χ0n) is 20.0. The van der Waals surface area contributed by atoms with Crippen molar-refractivity contribution in [2.45, 2.75) is 52.0 Å². The minimum Gasteiger partial charge on any atom is -0.494 e. The first-order valence-corrected chi connectivity index (χ1v) is 12.8. The second kappa shape index (κ2) is 9.62. The number of hydrogen-bond donors (Lipinski definition) is 0. The molecule has 1 amide bonds. The number of aromatic nitrogens is 2. The van der Waals surface area contributed by atoms with Gasteiger partial charge in [-0.2, -0.15) is 0 Å². The summed E-state index contributed by atoms with van der Waals surface area (Å²) in [4.78, 5) is 28.8. The molecule has 0 radical (unpaired) electrons. The summed E-state index contributed by atoms with van der Waals surface area (Å²) < 4.78 is 11.9. The molecule has 2 aromatic heterocycles. The number of amides is 1. The average Bonchev–Trinajstić information content (AvgIpc) is 3.46. The number of anilines is 1. The van der Waals surface area contributed by atoms with Gasteiger partial charge in [-0.3, -0.25) is 14.5 Å². The number of rotatable bonds is 8. The molecule has 0 aliphatic carbocycles. The lowest BCUT2D eigenvalue weighted by Crippen LogP contribution is -2.29. The second-order valence-electron chi connectivity index (χ2n) is 8.95. The van der Waals surface area contributed by atoms with Gasteiger partial charge in [0.2, 0.25) is 10.9 Å². The molecule has 0 fully saturated rings. The van der Waals surface area contributed by atoms with Crippen LogP contribution in [-0.4, -0.2) is 22.7 Å². The Labute approximate surface area is 207 Å². The highest BCUT2D eigenvalue weighted by atomic mass is 32.1. The van der Waals surface area contributed by atoms with Crippen molar-refractivity contribution in [2.24, 2.45) is 0 Å². The van der Waals surface area contributed by atoms with Gasteiger partial charge in [0.1, 0.15) is 16.3 Å². The predicted molar refractivity (Wildman–Crippen MR) is 137 cm³/mol. The van der Waals surface area contributed by atoms with Crippen molar-refractivity contribution in [2.75, 3.05) is 11.5 Å². The van der Waals surface area contributed by atoms with Gasteiger partial charge in [-0.1, -0.05) is 69.2 Å². The molecule has 0 bridgehead atoms. The minimum absolute atomic E-state index is 0.0555. The van der Waals surface area contributed by atoms with E-state index in [1.54, 1.807) is 24.3 Å². The lowest BCUT2D eigenvalue weighted by molar-refractivity contribution is 0.0970. The molecule has 2 aromatic carbocycles. The lowest BCUT2D eigenvalue weighted by atomic mass is 9.98. The Bertz CT molecular complexity index is 1420. The van der Waals surface area contributed by atoms with E-state index in [0.29, 0.717) is 28.3 Å². The van der Waals surface area contributed by atoms with Crippen molar-refractivity contribution in [1.29, 1.82) is 0 Å². The van der Waals surface area contributed by atoms with Gasteiger partial charge in [-0.25, -0.2) is 0 Å². The van der Waals surface area contributed by atoms with E-state index < -0.39 is 6.04 Å². The Morgan fingerprint density at radius 3 is 2.54 bits per heavy atom. The zero-order valence-corrected chi connectivity index (χ0v) is 20.8. The van der Waals surface area contributed by atoms with Crippen molar-refractivity contribution >= 4 is 33.3 Å². The fourth-order valence-electron chi connectivity index (χ4n) is 4.28. The molecule has 0 saturated heterocycles. The fourth-order valence-corrected chi connectivity index (χ4v) is 5.15. The standard InChI is InChI=1S/C27H27N3O4S/c1-4-5-8-15-33-18-13-11-17(12-14-18)22-21-23(31)19-9-6-7-10-20(19)34-24(21)26(32)30(22)27-29-28-25(35-27)16(2)3/h6-7,9-14,16,22H,4-5,8,15H2,1-3H3/t22-/m1/s1. The van der Waals surface area contributed by atoms with Crippen LogP contribution in [-0.2, 0) is 0 Å². The van der Waals surface area contributed by atoms with Gasteiger partial charge in [0.05, 0.1) is 23.6 Å². The number of ether oxygens (including phenoxy) is 1. The van der Waals surface area contributed by atoms with E-state index in [2.05, 4.69) is 17.1 Å². The quantitative estimate of drug-likeness (QED) is 0.279. The fraction of sp³-hybridized carbons (Fsp3) is 0.333. The van der Waals surface area contributed by atoms with Gasteiger partial charge in [0.25, 0.3) is 5.91 Å². The van der Waals surface area contributed by atoms with Crippen molar-refractivity contribution < 1.29 is 13.9 Å². The van der Waals surface area contributed by atoms with Crippen LogP contribution in [0.25, 0.3) is 11.0 Å². The van der Waals surface area contributed by atoms with E-state index in [9.17, 15) is 9.59 Å². The van der Waals surface area contributed by atoms with Gasteiger partial charge >= 0.3 is 0 Å². The van der Waals surface area contributed by atoms with Gasteiger partial charge in [0, 0.05) is 5.92 Å². The Balaban J connectivity index is 1.60. The van der Waals surface area contributed by atoms with Crippen molar-refractivity contribution in [1.82, 2.24) is 10.2 Å². The second-order valence-corrected chi connectivity index (χ2v) is 9.94. The summed E-state index contributed by atoms with van der Waals surface area (Å²) in [6, 6.07) is 13.9. The smallest absolute Gasteiger partial charge is 0.297 e. The third-order valence-electron chi connectivity index (χ3n) is 6.12. The van der Waals surface area contributed by atoms with Crippen LogP contribution in [0.1, 0.15) is 78.7 Å². The van der Waals surface area contributed by atoms with Gasteiger partial charge in [-0.15, -0.1) is 10.2 Å². The molecule has 4 aromatic rings. The Kier molecular flexibility index (Phi) is 6.38. The number of benzene rings is 2. The van der Waals surface area contributed by atoms with Crippen LogP contribution in [0.4, 0.5) is 5.13 Å². The van der Waals surface area contributed by atoms with Crippen molar-refractivity contribution in [3.05, 3.63) is 80.6 Å². The van der Waals surface area contributed by atoms with Gasteiger partial charge in [0.15, 0.2) is 5.43 Å². The number of carbonyl (C=O) groups is 1. The predicted octanol–water partition coefficient (Wildman–Crippen LogP) is 6.09. The molecular weight excluding hydrogens is 462 g/mol. The van der Waals surface area contributed by atoms with E-state index in [4.69, 9.17) is 9.15 Å². The van der Waals surface area contributed by atoms with E-state index in [-0.39, 0.29) is 23.0 Å². The topological polar surface area (TPSA) is 85.5 Å². The molecular formula is C27H27N3O4S. The van der Waals surface area contributed by atoms with E-state index >= 15 is 0 Å². The Hall–Kier alpha value is -3.52. The largest absolute Gasteiger partial charge is 0.494 e. The molecule has 7 nitrogen and oxygen atoms in total. The van der Waals surface area contributed by atoms with Crippen LogP contribution in [0.5, 0.6) is 5.75 Å². The first-order valence-electron chi connectivity index (χ1n) is 11.9. The molecule has 1 aliphatic heterocycles. The average molecular weight is 490 g/mol. The minimum atomic E-state index is -0.666. The first kappa shape index (κ1) is 23.2. The monoisotopic (exact) mass is 489 g/mol. The summed E-state index contributed by atoms with van der Waals surface area (Å²) in [5, 5.41) is 10.3. The van der Waals surface area contributed by atoms with Crippen LogP contribution < -0.4 is 15.1 Å². The summed E-state index contributed by atoms with van der Waals surface area (Å²) in [5.41, 5.74) is 1.28. The number of carbonyl (C=O) groups excluding carboxylic acids is 1. The van der Waals surface area contributed by atoms with Crippen LogP contribution in [0.2, 0.25) is 0 Å². The highest BCUT2D eigenvalue weighted by Gasteiger charge is 2.45. The van der Waals surface area contributed by atoms with Gasteiger partial charge < -0.3 is 9.15 Å². The molecule has 180 valence electrons. The van der Waals surface area contributed by atoms with Crippen molar-refractivity contribution in [3.8, 4) is 5.75 Å².